The minimum atomic E-state index is -1.61. The molecular weight excluding hydrogens is 731 g/mol. The second kappa shape index (κ2) is 15.2. The predicted octanol–water partition coefficient (Wildman–Crippen LogP) is 8.42. The van der Waals surface area contributed by atoms with Crippen molar-refractivity contribution < 1.29 is 28.3 Å². The van der Waals surface area contributed by atoms with Gasteiger partial charge in [-0.2, -0.15) is 0 Å². The minimum absolute atomic E-state index is 0.0850. The quantitative estimate of drug-likeness (QED) is 0.0936. The average Bonchev–Trinajstić information content (AvgIpc) is 3.71. The first-order valence-corrected chi connectivity index (χ1v) is 20.8. The van der Waals surface area contributed by atoms with Crippen LogP contribution in [-0.4, -0.2) is 44.4 Å². The Kier molecular flexibility index (Phi) is 10.6. The van der Waals surface area contributed by atoms with Gasteiger partial charge in [0.15, 0.2) is 0 Å². The molecule has 0 aliphatic carbocycles. The molecule has 0 aliphatic rings. The zero-order chi connectivity index (χ0) is 34.4. The van der Waals surface area contributed by atoms with Crippen LogP contribution in [0.4, 0.5) is 4.79 Å². The number of hydrogen-bond donors (Lipinski definition) is 1. The monoisotopic (exact) mass is 770 g/mol. The molecule has 1 N–H and O–H groups in total. The number of nitrogens with zero attached hydrogens (tertiary/aromatic N) is 1. The average molecular weight is 771 g/mol. The summed E-state index contributed by atoms with van der Waals surface area (Å²) in [7, 11) is 1.60. The molecular formula is C40H39IN2O6. The summed E-state index contributed by atoms with van der Waals surface area (Å²) in [5.41, 5.74) is 2.17. The normalized spacial score (nSPS) is 12.8. The van der Waals surface area contributed by atoms with Crippen molar-refractivity contribution in [2.45, 2.75) is 38.5 Å². The van der Waals surface area contributed by atoms with Crippen LogP contribution >= 0.6 is 19.8 Å². The Balaban J connectivity index is 1.28. The van der Waals surface area contributed by atoms with E-state index in [1.165, 1.54) is 3.57 Å². The molecule has 9 heteroatoms. The number of carbonyl (C=O) groups excluding carboxylic acids is 3. The number of para-hydroxylation sites is 2. The Morgan fingerprint density at radius 2 is 1.57 bits per heavy atom. The van der Waals surface area contributed by atoms with Crippen LogP contribution < -0.4 is 5.32 Å². The molecule has 0 saturated heterocycles. The van der Waals surface area contributed by atoms with Crippen molar-refractivity contribution in [1.29, 1.82) is 0 Å². The van der Waals surface area contributed by atoms with Crippen LogP contribution in [0.2, 0.25) is 0 Å². The van der Waals surface area contributed by atoms with Crippen LogP contribution in [0.25, 0.3) is 21.9 Å². The Bertz CT molecular complexity index is 2070. The van der Waals surface area contributed by atoms with Crippen molar-refractivity contribution >= 4 is 59.5 Å². The Morgan fingerprint density at radius 1 is 0.857 bits per heavy atom. The molecule has 8 nitrogen and oxygen atoms in total. The fourth-order valence-corrected chi connectivity index (χ4v) is 9.61. The molecule has 1 atom stereocenters. The fourth-order valence-electron chi connectivity index (χ4n) is 6.04. The summed E-state index contributed by atoms with van der Waals surface area (Å²) in [5.74, 6) is 0.204. The van der Waals surface area contributed by atoms with Gasteiger partial charge < -0.3 is 4.74 Å². The number of carbonyl (C=O) groups is 3. The number of hydrogen-bond acceptors (Lipinski definition) is 6. The number of alkyl halides is 2. The third-order valence-corrected chi connectivity index (χ3v) is 13.6. The molecule has 0 spiro atoms. The number of benzene rings is 4. The first-order valence-electron chi connectivity index (χ1n) is 16.0. The van der Waals surface area contributed by atoms with Crippen molar-refractivity contribution in [3.05, 3.63) is 141 Å². The standard InChI is InChI=1S/C40H39IN2O6/c1-40(37(44)21-22-41(2)31-15-5-4-6-16-31,42-39(46)48-27-32-23-28-13-8-12-20-36(28)49-32)24-30-25-43(35-19-11-10-17-33(30)35)38(45)34-18-9-7-14-29(34)26-47-3/h4-20,23,25H,21-22,24,26-27H2,1-3H3,(H,42,46)/t40-/m1/s1. The molecule has 2 aromatic heterocycles. The molecule has 0 saturated carbocycles. The van der Waals surface area contributed by atoms with Gasteiger partial charge in [0, 0.05) is 7.11 Å². The van der Waals surface area contributed by atoms with E-state index in [0.717, 1.165) is 26.3 Å². The van der Waals surface area contributed by atoms with Crippen molar-refractivity contribution in [2.75, 3.05) is 16.5 Å². The number of rotatable bonds is 13. The number of furan rings is 1. The fraction of sp³-hybridized carbons (Fsp3) is 0.225. The van der Waals surface area contributed by atoms with Gasteiger partial charge in [-0.25, -0.2) is 0 Å². The summed E-state index contributed by atoms with van der Waals surface area (Å²) in [4.78, 5) is 43.8. The van der Waals surface area contributed by atoms with E-state index >= 15 is 0 Å². The number of methoxy groups -OCH3 is 1. The van der Waals surface area contributed by atoms with E-state index in [4.69, 9.17) is 13.9 Å². The first kappa shape index (κ1) is 34.1. The molecule has 49 heavy (non-hydrogen) atoms. The van der Waals surface area contributed by atoms with Gasteiger partial charge in [-0.05, 0) is 0 Å². The van der Waals surface area contributed by atoms with Crippen molar-refractivity contribution in [3.63, 3.8) is 0 Å². The first-order chi connectivity index (χ1) is 23.8. The van der Waals surface area contributed by atoms with Gasteiger partial charge in [-0.15, -0.1) is 0 Å². The number of Topliss-reactive ketones (excluding diaryl/α,β-unsaturated/α-hetero) is 1. The van der Waals surface area contributed by atoms with Crippen LogP contribution in [0.5, 0.6) is 0 Å². The number of amides is 1. The van der Waals surface area contributed by atoms with Gasteiger partial charge in [0.05, 0.1) is 0 Å². The number of ether oxygens (including phenoxy) is 2. The second-order valence-electron chi connectivity index (χ2n) is 12.1. The molecule has 0 bridgehead atoms. The molecule has 1 amide bonds. The van der Waals surface area contributed by atoms with Gasteiger partial charge in [0.1, 0.15) is 0 Å². The van der Waals surface area contributed by atoms with E-state index in [9.17, 15) is 14.4 Å². The number of nitrogens with one attached hydrogen (secondary N) is 1. The summed E-state index contributed by atoms with van der Waals surface area (Å²) < 4.78 is 20.5. The van der Waals surface area contributed by atoms with Crippen molar-refractivity contribution in [3.8, 4) is 0 Å². The molecule has 252 valence electrons. The number of ketones is 1. The molecule has 4 aromatic carbocycles. The maximum atomic E-state index is 14.2. The third kappa shape index (κ3) is 7.79. The van der Waals surface area contributed by atoms with Crippen molar-refractivity contribution in [1.82, 2.24) is 9.88 Å². The predicted molar refractivity (Wildman–Crippen MR) is 200 cm³/mol. The van der Waals surface area contributed by atoms with Gasteiger partial charge in [-0.1, -0.05) is 18.2 Å². The second-order valence-corrected chi connectivity index (χ2v) is 17.8. The van der Waals surface area contributed by atoms with Crippen molar-refractivity contribution in [2.24, 2.45) is 0 Å². The molecule has 0 unspecified atom stereocenters. The third-order valence-electron chi connectivity index (χ3n) is 8.63. The molecule has 6 aromatic rings. The summed E-state index contributed by atoms with van der Waals surface area (Å²) in [6.45, 7) is 1.96. The van der Waals surface area contributed by atoms with E-state index in [0.29, 0.717) is 35.5 Å². The molecule has 6 rings (SSSR count). The van der Waals surface area contributed by atoms with Gasteiger partial charge in [0.2, 0.25) is 0 Å². The van der Waals surface area contributed by atoms with E-state index in [2.05, 4.69) is 22.4 Å². The summed E-state index contributed by atoms with van der Waals surface area (Å²) in [6.07, 6.45) is 1.53. The van der Waals surface area contributed by atoms with Crippen LogP contribution in [0.1, 0.15) is 40.6 Å². The van der Waals surface area contributed by atoms with E-state index in [-0.39, 0.29) is 24.7 Å². The SMILES string of the molecule is COCc1ccccc1C(=O)n1cc(C[C@@](C)(NC(=O)OCc2cc3ccccc3o2)C(=O)CCI(C)c2ccccc2)c2ccccc21. The molecule has 0 radical (unpaired) electrons. The van der Waals surface area contributed by atoms with Gasteiger partial charge in [0.25, 0.3) is 0 Å². The topological polar surface area (TPSA) is 99.8 Å². The van der Waals surface area contributed by atoms with Gasteiger partial charge >= 0.3 is 264 Å². The van der Waals surface area contributed by atoms with E-state index < -0.39 is 31.5 Å². The van der Waals surface area contributed by atoms with E-state index in [1.54, 1.807) is 30.9 Å². The zero-order valence-electron chi connectivity index (χ0n) is 27.8. The summed E-state index contributed by atoms with van der Waals surface area (Å²) >= 11 is -1.61. The zero-order valence-corrected chi connectivity index (χ0v) is 29.9. The van der Waals surface area contributed by atoms with E-state index in [1.807, 2.05) is 91.0 Å². The van der Waals surface area contributed by atoms with Crippen LogP contribution in [-0.2, 0) is 33.9 Å². The molecule has 0 fully saturated rings. The summed E-state index contributed by atoms with van der Waals surface area (Å²) in [6, 6.07) is 34.7. The Labute approximate surface area is 292 Å². The number of halogens is 1. The Hall–Kier alpha value is -4.74. The van der Waals surface area contributed by atoms with Crippen LogP contribution in [0.15, 0.2) is 120 Å². The number of fused-ring (bicyclic) bond motifs is 2. The molecule has 0 aliphatic heterocycles. The number of aromatic nitrogens is 1. The summed E-state index contributed by atoms with van der Waals surface area (Å²) in [5, 5.41) is 4.66. The van der Waals surface area contributed by atoms with Crippen LogP contribution in [0.3, 0.4) is 0 Å². The maximum absolute atomic E-state index is 14.2. The van der Waals surface area contributed by atoms with Crippen LogP contribution in [0, 0.1) is 3.57 Å². The Morgan fingerprint density at radius 3 is 2.37 bits per heavy atom. The van der Waals surface area contributed by atoms with Gasteiger partial charge in [-0.3, -0.25) is 0 Å². The molecule has 2 heterocycles. The number of alkyl carbamates (subject to hydrolysis) is 1.